The zero-order valence-corrected chi connectivity index (χ0v) is 7.70. The Morgan fingerprint density at radius 2 is 2.31 bits per heavy atom. The summed E-state index contributed by atoms with van der Waals surface area (Å²) in [6.45, 7) is 2.18. The van der Waals surface area contributed by atoms with Gasteiger partial charge in [0.1, 0.15) is 18.0 Å². The van der Waals surface area contributed by atoms with Gasteiger partial charge in [0.05, 0.1) is 0 Å². The first kappa shape index (κ1) is 8.29. The van der Waals surface area contributed by atoms with Crippen LogP contribution < -0.4 is 11.1 Å². The van der Waals surface area contributed by atoms with Crippen molar-refractivity contribution in [1.82, 2.24) is 9.97 Å². The van der Waals surface area contributed by atoms with E-state index >= 15 is 0 Å². The lowest BCUT2D eigenvalue weighted by Crippen LogP contribution is -2.18. The standard InChI is InChI=1S/C9H14N4/c1-6(7-2-3-7)13-9-4-8(10)11-5-12-9/h4-7H,2-3H2,1H3,(H3,10,11,12,13). The van der Waals surface area contributed by atoms with Crippen molar-refractivity contribution in [3.05, 3.63) is 12.4 Å². The Morgan fingerprint density at radius 1 is 1.54 bits per heavy atom. The summed E-state index contributed by atoms with van der Waals surface area (Å²) in [5.41, 5.74) is 5.53. The largest absolute Gasteiger partial charge is 0.384 e. The number of hydrogen-bond acceptors (Lipinski definition) is 4. The first-order chi connectivity index (χ1) is 6.25. The molecular formula is C9H14N4. The number of rotatable bonds is 3. The predicted octanol–water partition coefficient (Wildman–Crippen LogP) is 1.27. The van der Waals surface area contributed by atoms with Crippen molar-refractivity contribution in [2.75, 3.05) is 11.1 Å². The third-order valence-electron chi connectivity index (χ3n) is 2.39. The number of nitrogens with one attached hydrogen (secondary N) is 1. The summed E-state index contributed by atoms with van der Waals surface area (Å²) in [6.07, 6.45) is 4.14. The van der Waals surface area contributed by atoms with Crippen molar-refractivity contribution in [2.45, 2.75) is 25.8 Å². The Balaban J connectivity index is 2.00. The van der Waals surface area contributed by atoms with Gasteiger partial charge in [0.15, 0.2) is 0 Å². The van der Waals surface area contributed by atoms with Crippen LogP contribution in [0.2, 0.25) is 0 Å². The molecule has 1 heterocycles. The fourth-order valence-electron chi connectivity index (χ4n) is 1.40. The molecular weight excluding hydrogens is 164 g/mol. The molecule has 0 aromatic carbocycles. The molecule has 4 nitrogen and oxygen atoms in total. The highest BCUT2D eigenvalue weighted by atomic mass is 15.0. The first-order valence-electron chi connectivity index (χ1n) is 4.60. The molecule has 0 aliphatic heterocycles. The van der Waals surface area contributed by atoms with Crippen molar-refractivity contribution >= 4 is 11.6 Å². The quantitative estimate of drug-likeness (QED) is 0.731. The summed E-state index contributed by atoms with van der Waals surface area (Å²) in [7, 11) is 0. The fraction of sp³-hybridized carbons (Fsp3) is 0.556. The molecule has 0 radical (unpaired) electrons. The first-order valence-corrected chi connectivity index (χ1v) is 4.60. The second kappa shape index (κ2) is 3.20. The zero-order valence-electron chi connectivity index (χ0n) is 7.70. The van der Waals surface area contributed by atoms with E-state index in [1.54, 1.807) is 6.07 Å². The summed E-state index contributed by atoms with van der Waals surface area (Å²) in [6, 6.07) is 2.26. The van der Waals surface area contributed by atoms with E-state index in [0.29, 0.717) is 11.9 Å². The van der Waals surface area contributed by atoms with E-state index in [0.717, 1.165) is 11.7 Å². The van der Waals surface area contributed by atoms with Gasteiger partial charge in [-0.25, -0.2) is 9.97 Å². The number of nitrogens with two attached hydrogens (primary N) is 1. The molecule has 13 heavy (non-hydrogen) atoms. The van der Waals surface area contributed by atoms with Gasteiger partial charge in [0.25, 0.3) is 0 Å². The SMILES string of the molecule is CC(Nc1cc(N)ncn1)C1CC1. The molecule has 1 aliphatic rings. The van der Waals surface area contributed by atoms with Gasteiger partial charge in [0.2, 0.25) is 0 Å². The zero-order chi connectivity index (χ0) is 9.26. The summed E-state index contributed by atoms with van der Waals surface area (Å²) >= 11 is 0. The van der Waals surface area contributed by atoms with Crippen LogP contribution in [0, 0.1) is 5.92 Å². The topological polar surface area (TPSA) is 63.8 Å². The molecule has 0 amide bonds. The Kier molecular flexibility index (Phi) is 2.04. The molecule has 0 bridgehead atoms. The van der Waals surface area contributed by atoms with Crippen LogP contribution in [-0.2, 0) is 0 Å². The predicted molar refractivity (Wildman–Crippen MR) is 52.3 cm³/mol. The van der Waals surface area contributed by atoms with Crippen molar-refractivity contribution in [3.63, 3.8) is 0 Å². The minimum atomic E-state index is 0.495. The summed E-state index contributed by atoms with van der Waals surface area (Å²) < 4.78 is 0. The van der Waals surface area contributed by atoms with E-state index in [2.05, 4.69) is 22.2 Å². The normalized spacial score (nSPS) is 18.2. The van der Waals surface area contributed by atoms with Crippen LogP contribution in [0.4, 0.5) is 11.6 Å². The third-order valence-corrected chi connectivity index (χ3v) is 2.39. The molecule has 70 valence electrons. The molecule has 1 saturated carbocycles. The van der Waals surface area contributed by atoms with Crippen LogP contribution >= 0.6 is 0 Å². The fourth-order valence-corrected chi connectivity index (χ4v) is 1.40. The summed E-state index contributed by atoms with van der Waals surface area (Å²) in [5, 5.41) is 3.31. The maximum Gasteiger partial charge on any atom is 0.131 e. The van der Waals surface area contributed by atoms with Crippen LogP contribution in [0.5, 0.6) is 0 Å². The average molecular weight is 178 g/mol. The van der Waals surface area contributed by atoms with Gasteiger partial charge in [0, 0.05) is 12.1 Å². The van der Waals surface area contributed by atoms with Crippen molar-refractivity contribution in [1.29, 1.82) is 0 Å². The molecule has 1 fully saturated rings. The summed E-state index contributed by atoms with van der Waals surface area (Å²) in [4.78, 5) is 7.92. The number of aromatic nitrogens is 2. The van der Waals surface area contributed by atoms with Gasteiger partial charge in [-0.15, -0.1) is 0 Å². The lowest BCUT2D eigenvalue weighted by molar-refractivity contribution is 0.690. The van der Waals surface area contributed by atoms with Gasteiger partial charge in [-0.05, 0) is 25.7 Å². The highest BCUT2D eigenvalue weighted by molar-refractivity contribution is 5.44. The molecule has 1 atom stereocenters. The van der Waals surface area contributed by atoms with Crippen LogP contribution in [0.3, 0.4) is 0 Å². The molecule has 1 aromatic rings. The molecule has 1 unspecified atom stereocenters. The van der Waals surface area contributed by atoms with E-state index in [1.165, 1.54) is 19.2 Å². The minimum absolute atomic E-state index is 0.495. The van der Waals surface area contributed by atoms with E-state index < -0.39 is 0 Å². The minimum Gasteiger partial charge on any atom is -0.384 e. The van der Waals surface area contributed by atoms with Gasteiger partial charge >= 0.3 is 0 Å². The lowest BCUT2D eigenvalue weighted by Gasteiger charge is -2.12. The van der Waals surface area contributed by atoms with Crippen LogP contribution in [0.25, 0.3) is 0 Å². The van der Waals surface area contributed by atoms with Crippen LogP contribution in [0.1, 0.15) is 19.8 Å². The van der Waals surface area contributed by atoms with Crippen molar-refractivity contribution in [3.8, 4) is 0 Å². The Morgan fingerprint density at radius 3 is 2.92 bits per heavy atom. The van der Waals surface area contributed by atoms with E-state index in [-0.39, 0.29) is 0 Å². The molecule has 4 heteroatoms. The Labute approximate surface area is 77.6 Å². The number of anilines is 2. The molecule has 0 spiro atoms. The maximum atomic E-state index is 5.53. The molecule has 1 aliphatic carbocycles. The lowest BCUT2D eigenvalue weighted by atomic mass is 10.2. The average Bonchev–Trinajstić information content (AvgIpc) is 2.85. The van der Waals surface area contributed by atoms with Crippen LogP contribution in [-0.4, -0.2) is 16.0 Å². The van der Waals surface area contributed by atoms with Crippen molar-refractivity contribution in [2.24, 2.45) is 5.92 Å². The smallest absolute Gasteiger partial charge is 0.131 e. The molecule has 3 N–H and O–H groups in total. The highest BCUT2D eigenvalue weighted by Crippen LogP contribution is 2.33. The summed E-state index contributed by atoms with van der Waals surface area (Å²) in [5.74, 6) is 2.16. The number of nitrogens with zero attached hydrogens (tertiary/aromatic N) is 2. The third kappa shape index (κ3) is 2.08. The number of nitrogen functional groups attached to an aromatic ring is 1. The Bertz CT molecular complexity index is 295. The molecule has 2 rings (SSSR count). The van der Waals surface area contributed by atoms with E-state index in [1.807, 2.05) is 0 Å². The second-order valence-electron chi connectivity index (χ2n) is 3.60. The Hall–Kier alpha value is -1.32. The maximum absolute atomic E-state index is 5.53. The highest BCUT2D eigenvalue weighted by Gasteiger charge is 2.27. The van der Waals surface area contributed by atoms with Gasteiger partial charge < -0.3 is 11.1 Å². The molecule has 0 saturated heterocycles. The van der Waals surface area contributed by atoms with Crippen molar-refractivity contribution < 1.29 is 0 Å². The van der Waals surface area contributed by atoms with Gasteiger partial charge in [-0.1, -0.05) is 0 Å². The van der Waals surface area contributed by atoms with Crippen LogP contribution in [0.15, 0.2) is 12.4 Å². The van der Waals surface area contributed by atoms with E-state index in [4.69, 9.17) is 5.73 Å². The van der Waals surface area contributed by atoms with Gasteiger partial charge in [-0.2, -0.15) is 0 Å². The van der Waals surface area contributed by atoms with E-state index in [9.17, 15) is 0 Å². The van der Waals surface area contributed by atoms with Gasteiger partial charge in [-0.3, -0.25) is 0 Å². The number of hydrogen-bond donors (Lipinski definition) is 2. The monoisotopic (exact) mass is 178 g/mol. The second-order valence-corrected chi connectivity index (χ2v) is 3.60. The molecule has 1 aromatic heterocycles.